The molecule has 0 saturated carbocycles. The van der Waals surface area contributed by atoms with Gasteiger partial charge >= 0.3 is 0 Å². The molecule has 12 heteroatoms. The van der Waals surface area contributed by atoms with Crippen molar-refractivity contribution in [2.75, 3.05) is 18.0 Å². The van der Waals surface area contributed by atoms with Crippen molar-refractivity contribution in [3.05, 3.63) is 123 Å². The maximum Gasteiger partial charge on any atom is 0.264 e. The highest BCUT2D eigenvalue weighted by atomic mass is 35.5. The highest BCUT2D eigenvalue weighted by Gasteiger charge is 2.35. The molecule has 0 aromatic heterocycles. The van der Waals surface area contributed by atoms with Crippen LogP contribution < -0.4 is 14.4 Å². The molecule has 2 amide bonds. The van der Waals surface area contributed by atoms with Gasteiger partial charge in [0, 0.05) is 39.6 Å². The van der Waals surface area contributed by atoms with Crippen molar-refractivity contribution in [2.24, 2.45) is 0 Å². The molecule has 0 saturated heterocycles. The number of halogens is 3. The second-order valence-corrected chi connectivity index (χ2v) is 14.0. The Morgan fingerprint density at radius 3 is 2.11 bits per heavy atom. The second-order valence-electron chi connectivity index (χ2n) is 10.9. The first-order chi connectivity index (χ1) is 22.4. The molecule has 2 atom stereocenters. The number of ether oxygens (including phenoxy) is 1. The Morgan fingerprint density at radius 2 is 1.51 bits per heavy atom. The van der Waals surface area contributed by atoms with Crippen LogP contribution in [0.1, 0.15) is 31.4 Å². The van der Waals surface area contributed by atoms with E-state index in [1.807, 2.05) is 44.2 Å². The summed E-state index contributed by atoms with van der Waals surface area (Å²) in [7, 11) is -2.85. The van der Waals surface area contributed by atoms with Gasteiger partial charge in [0.15, 0.2) is 0 Å². The predicted octanol–water partition coefficient (Wildman–Crippen LogP) is 7.41. The van der Waals surface area contributed by atoms with Gasteiger partial charge in [-0.25, -0.2) is 8.42 Å². The summed E-state index contributed by atoms with van der Waals surface area (Å²) in [6.07, 6.45) is 0.816. The van der Waals surface area contributed by atoms with Gasteiger partial charge in [0.2, 0.25) is 11.8 Å². The van der Waals surface area contributed by atoms with Crippen LogP contribution in [-0.4, -0.2) is 50.9 Å². The van der Waals surface area contributed by atoms with E-state index in [0.29, 0.717) is 27.8 Å². The summed E-state index contributed by atoms with van der Waals surface area (Å²) < 4.78 is 34.6. The Morgan fingerprint density at radius 1 is 0.872 bits per heavy atom. The van der Waals surface area contributed by atoms with Crippen LogP contribution in [0.25, 0.3) is 0 Å². The number of nitrogens with zero attached hydrogens (tertiary/aromatic N) is 2. The van der Waals surface area contributed by atoms with Gasteiger partial charge in [0.25, 0.3) is 10.0 Å². The number of sulfonamides is 1. The molecule has 1 N–H and O–H groups in total. The number of rotatable bonds is 14. The van der Waals surface area contributed by atoms with Crippen LogP contribution in [0, 0.1) is 0 Å². The zero-order valence-electron chi connectivity index (χ0n) is 26.2. The number of benzene rings is 4. The Balaban J connectivity index is 1.84. The molecular formula is C35H36Cl3N3O5S. The summed E-state index contributed by atoms with van der Waals surface area (Å²) in [4.78, 5) is 29.9. The van der Waals surface area contributed by atoms with Crippen molar-refractivity contribution < 1.29 is 22.7 Å². The van der Waals surface area contributed by atoms with Gasteiger partial charge in [-0.15, -0.1) is 0 Å². The minimum Gasteiger partial charge on any atom is -0.497 e. The van der Waals surface area contributed by atoms with E-state index in [1.165, 1.54) is 42.3 Å². The molecule has 0 aliphatic carbocycles. The topological polar surface area (TPSA) is 96.0 Å². The molecule has 248 valence electrons. The summed E-state index contributed by atoms with van der Waals surface area (Å²) >= 11 is 19.4. The zero-order valence-corrected chi connectivity index (χ0v) is 29.3. The van der Waals surface area contributed by atoms with Crippen LogP contribution in [0.4, 0.5) is 5.69 Å². The van der Waals surface area contributed by atoms with E-state index < -0.39 is 34.4 Å². The third kappa shape index (κ3) is 9.20. The van der Waals surface area contributed by atoms with Crippen molar-refractivity contribution in [1.82, 2.24) is 10.2 Å². The lowest BCUT2D eigenvalue weighted by atomic mass is 10.0. The van der Waals surface area contributed by atoms with Gasteiger partial charge in [-0.2, -0.15) is 0 Å². The van der Waals surface area contributed by atoms with Gasteiger partial charge in [-0.3, -0.25) is 13.9 Å². The molecule has 4 aromatic rings. The zero-order chi connectivity index (χ0) is 34.1. The average Bonchev–Trinajstić information content (AvgIpc) is 3.06. The molecular weight excluding hydrogens is 681 g/mol. The lowest BCUT2D eigenvalue weighted by Gasteiger charge is -2.34. The van der Waals surface area contributed by atoms with E-state index in [0.717, 1.165) is 9.87 Å². The van der Waals surface area contributed by atoms with Crippen molar-refractivity contribution in [3.8, 4) is 5.75 Å². The maximum absolute atomic E-state index is 14.6. The van der Waals surface area contributed by atoms with E-state index in [1.54, 1.807) is 36.4 Å². The lowest BCUT2D eigenvalue weighted by Crippen LogP contribution is -2.54. The first-order valence-electron chi connectivity index (χ1n) is 14.9. The van der Waals surface area contributed by atoms with E-state index in [2.05, 4.69) is 5.32 Å². The van der Waals surface area contributed by atoms with Crippen molar-refractivity contribution >= 4 is 62.3 Å². The molecule has 0 aliphatic rings. The van der Waals surface area contributed by atoms with E-state index in [4.69, 9.17) is 39.5 Å². The molecule has 0 fully saturated rings. The Kier molecular flexibility index (Phi) is 12.6. The SMILES string of the molecule is CC[C@@H](C)NC(=O)[C@@H](Cc1ccccc1)N(Cc1c(Cl)cccc1Cl)C(=O)CN(c1cccc(Cl)c1)S(=O)(=O)c1ccc(OC)cc1. The first kappa shape index (κ1) is 36.1. The second kappa shape index (κ2) is 16.4. The molecule has 47 heavy (non-hydrogen) atoms. The van der Waals surface area contributed by atoms with Crippen LogP contribution in [0.5, 0.6) is 5.75 Å². The highest BCUT2D eigenvalue weighted by Crippen LogP contribution is 2.30. The summed E-state index contributed by atoms with van der Waals surface area (Å²) in [5.74, 6) is -0.585. The minimum absolute atomic E-state index is 0.0675. The molecule has 4 rings (SSSR count). The normalized spacial score (nSPS) is 12.6. The maximum atomic E-state index is 14.6. The fraction of sp³-hybridized carbons (Fsp3) is 0.257. The number of hydrogen-bond donors (Lipinski definition) is 1. The molecule has 4 aromatic carbocycles. The number of nitrogens with one attached hydrogen (secondary N) is 1. The number of amides is 2. The molecule has 0 spiro atoms. The third-order valence-electron chi connectivity index (χ3n) is 7.68. The summed E-state index contributed by atoms with van der Waals surface area (Å²) in [5.41, 5.74) is 1.39. The fourth-order valence-electron chi connectivity index (χ4n) is 4.88. The fourth-order valence-corrected chi connectivity index (χ4v) is 6.99. The Hall–Kier alpha value is -3.76. The highest BCUT2D eigenvalue weighted by molar-refractivity contribution is 7.92. The Bertz CT molecular complexity index is 1770. The van der Waals surface area contributed by atoms with Crippen LogP contribution in [0.2, 0.25) is 15.1 Å². The molecule has 0 radical (unpaired) electrons. The number of anilines is 1. The van der Waals surface area contributed by atoms with Crippen molar-refractivity contribution in [3.63, 3.8) is 0 Å². The van der Waals surface area contributed by atoms with Crippen LogP contribution in [0.3, 0.4) is 0 Å². The largest absolute Gasteiger partial charge is 0.497 e. The quantitative estimate of drug-likeness (QED) is 0.147. The molecule has 0 heterocycles. The number of hydrogen-bond acceptors (Lipinski definition) is 5. The monoisotopic (exact) mass is 715 g/mol. The van der Waals surface area contributed by atoms with E-state index in [9.17, 15) is 18.0 Å². The van der Waals surface area contributed by atoms with E-state index in [-0.39, 0.29) is 34.6 Å². The van der Waals surface area contributed by atoms with Crippen molar-refractivity contribution in [2.45, 2.75) is 50.2 Å². The average molecular weight is 717 g/mol. The lowest BCUT2D eigenvalue weighted by molar-refractivity contribution is -0.140. The van der Waals surface area contributed by atoms with Gasteiger partial charge in [-0.1, -0.05) is 84.2 Å². The summed E-state index contributed by atoms with van der Waals surface area (Å²) in [6, 6.07) is 25.1. The molecule has 0 unspecified atom stereocenters. The smallest absolute Gasteiger partial charge is 0.264 e. The Labute approximate surface area is 291 Å². The standard InChI is InChI=1S/C35H36Cl3N3O5S/c1-4-24(2)39-35(43)33(20-25-10-6-5-7-11-25)40(22-30-31(37)14-9-15-32(30)38)34(42)23-41(27-13-8-12-26(36)21-27)47(44,45)29-18-16-28(46-3)17-19-29/h5-19,21,24,33H,4,20,22-23H2,1-3H3,(H,39,43)/t24-,33-/m1/s1. The van der Waals surface area contributed by atoms with Gasteiger partial charge in [0.1, 0.15) is 18.3 Å². The molecule has 0 bridgehead atoms. The van der Waals surface area contributed by atoms with Gasteiger partial charge in [-0.05, 0) is 73.5 Å². The minimum atomic E-state index is -4.32. The number of carbonyl (C=O) groups is 2. The van der Waals surface area contributed by atoms with Gasteiger partial charge in [0.05, 0.1) is 17.7 Å². The molecule has 0 aliphatic heterocycles. The first-order valence-corrected chi connectivity index (χ1v) is 17.5. The number of carbonyl (C=O) groups excluding carboxylic acids is 2. The van der Waals surface area contributed by atoms with Gasteiger partial charge < -0.3 is 15.0 Å². The summed E-state index contributed by atoms with van der Waals surface area (Å²) in [6.45, 7) is 3.00. The molecule has 8 nitrogen and oxygen atoms in total. The van der Waals surface area contributed by atoms with Crippen LogP contribution >= 0.6 is 34.8 Å². The third-order valence-corrected chi connectivity index (χ3v) is 10.4. The van der Waals surface area contributed by atoms with Crippen molar-refractivity contribution in [1.29, 1.82) is 0 Å². The predicted molar refractivity (Wildman–Crippen MR) is 188 cm³/mol. The number of methoxy groups -OCH3 is 1. The van der Waals surface area contributed by atoms with E-state index >= 15 is 0 Å². The van der Waals surface area contributed by atoms with Crippen LogP contribution in [-0.2, 0) is 32.6 Å². The summed E-state index contributed by atoms with van der Waals surface area (Å²) in [5, 5.41) is 3.88. The van der Waals surface area contributed by atoms with Crippen LogP contribution in [0.15, 0.2) is 102 Å².